The molecule has 310 valence electrons. The smallest absolute Gasteiger partial charge is 0.309 e. The third-order valence-electron chi connectivity index (χ3n) is 9.05. The van der Waals surface area contributed by atoms with Gasteiger partial charge in [0.25, 0.3) is 11.8 Å². The number of benzene rings is 4. The average Bonchev–Trinajstić information content (AvgIpc) is 3.90. The maximum Gasteiger partial charge on any atom is 0.309 e. The van der Waals surface area contributed by atoms with Crippen molar-refractivity contribution in [1.29, 1.82) is 0 Å². The fourth-order valence-electron chi connectivity index (χ4n) is 6.04. The molecule has 0 spiro atoms. The number of likely N-dealkylation sites (tertiary alicyclic amines) is 1. The van der Waals surface area contributed by atoms with Crippen molar-refractivity contribution in [2.45, 2.75) is 46.4 Å². The standard InChI is InChI=1S/C24H25ClN4O4.C20H18ClN3O3/c1-14(2)33-22-8-5-16(9-19(22)25)20-10-21(28-27-20)23(30)26-18-6-3-15(4-7-18)11-29-12-17(13-29)24(31)32;1-12(2)27-19-8-5-14(9-16(19)21)17-10-18(24-23-17)20(26)22-15-6-3-13(11-25)4-7-15/h3-10,14,17H,11-13H2,1-2H3,(H,26,30)(H,27,28)(H,31,32);3-12H,1-2H3,(H,22,26)(H,23,24). The number of carboxylic acid groups (broad SMARTS) is 1. The van der Waals surface area contributed by atoms with Gasteiger partial charge in [0, 0.05) is 47.7 Å². The van der Waals surface area contributed by atoms with Crippen molar-refractivity contribution in [2.24, 2.45) is 5.92 Å². The summed E-state index contributed by atoms with van der Waals surface area (Å²) >= 11 is 12.6. The highest BCUT2D eigenvalue weighted by atomic mass is 35.5. The van der Waals surface area contributed by atoms with Gasteiger partial charge in [0.2, 0.25) is 0 Å². The van der Waals surface area contributed by atoms with Crippen molar-refractivity contribution in [1.82, 2.24) is 25.3 Å². The van der Waals surface area contributed by atoms with Crippen LogP contribution in [-0.2, 0) is 11.3 Å². The molecule has 6 aromatic rings. The summed E-state index contributed by atoms with van der Waals surface area (Å²) in [5.41, 5.74) is 6.20. The zero-order valence-electron chi connectivity index (χ0n) is 33.2. The summed E-state index contributed by atoms with van der Waals surface area (Å²) in [4.78, 5) is 48.6. The maximum absolute atomic E-state index is 12.6. The molecule has 4 aromatic carbocycles. The number of nitrogens with one attached hydrogen (secondary N) is 4. The van der Waals surface area contributed by atoms with Crippen molar-refractivity contribution in [3.63, 3.8) is 0 Å². The molecule has 14 nitrogen and oxygen atoms in total. The summed E-state index contributed by atoms with van der Waals surface area (Å²) in [5, 5.41) is 29.4. The van der Waals surface area contributed by atoms with Gasteiger partial charge in [-0.05, 0) is 118 Å². The lowest BCUT2D eigenvalue weighted by molar-refractivity contribution is -0.147. The molecular formula is C44H43Cl2N7O7. The Morgan fingerprint density at radius 3 is 1.58 bits per heavy atom. The van der Waals surface area contributed by atoms with Crippen molar-refractivity contribution >= 4 is 58.6 Å². The van der Waals surface area contributed by atoms with E-state index in [2.05, 4.69) is 35.9 Å². The first kappa shape index (κ1) is 43.1. The number of hydrogen-bond acceptors (Lipinski definition) is 9. The molecule has 0 bridgehead atoms. The second-order valence-corrected chi connectivity index (χ2v) is 15.3. The molecule has 1 fully saturated rings. The number of carbonyl (C=O) groups excluding carboxylic acids is 3. The normalized spacial score (nSPS) is 12.6. The highest BCUT2D eigenvalue weighted by Crippen LogP contribution is 2.32. The van der Waals surface area contributed by atoms with Crippen LogP contribution >= 0.6 is 23.2 Å². The molecule has 0 aliphatic carbocycles. The highest BCUT2D eigenvalue weighted by Gasteiger charge is 2.32. The number of halogens is 2. The maximum atomic E-state index is 12.6. The number of H-pyrrole nitrogens is 2. The molecule has 2 aromatic heterocycles. The van der Waals surface area contributed by atoms with Gasteiger partial charge in [0.05, 0.1) is 39.6 Å². The lowest BCUT2D eigenvalue weighted by atomic mass is 9.99. The Bertz CT molecular complexity index is 2460. The highest BCUT2D eigenvalue weighted by molar-refractivity contribution is 6.32. The van der Waals surface area contributed by atoms with E-state index in [0.717, 1.165) is 23.0 Å². The summed E-state index contributed by atoms with van der Waals surface area (Å²) in [6.45, 7) is 9.53. The number of aliphatic carboxylic acids is 1. The number of carboxylic acids is 1. The van der Waals surface area contributed by atoms with Crippen molar-refractivity contribution in [2.75, 3.05) is 23.7 Å². The van der Waals surface area contributed by atoms with Gasteiger partial charge in [-0.3, -0.25) is 34.3 Å². The van der Waals surface area contributed by atoms with Gasteiger partial charge >= 0.3 is 5.97 Å². The number of aromatic nitrogens is 4. The number of aldehydes is 1. The number of nitrogens with zero attached hydrogens (tertiary/aromatic N) is 3. The molecule has 0 atom stereocenters. The van der Waals surface area contributed by atoms with Crippen LogP contribution in [0.5, 0.6) is 11.5 Å². The van der Waals surface area contributed by atoms with Crippen LogP contribution in [0.15, 0.2) is 97.1 Å². The van der Waals surface area contributed by atoms with E-state index in [-0.39, 0.29) is 29.9 Å². The summed E-state index contributed by atoms with van der Waals surface area (Å²) < 4.78 is 11.3. The van der Waals surface area contributed by atoms with E-state index < -0.39 is 5.97 Å². The van der Waals surface area contributed by atoms with Crippen LogP contribution in [0.2, 0.25) is 10.0 Å². The van der Waals surface area contributed by atoms with E-state index in [1.165, 1.54) is 0 Å². The number of anilines is 2. The summed E-state index contributed by atoms with van der Waals surface area (Å²) in [7, 11) is 0. The van der Waals surface area contributed by atoms with E-state index in [1.807, 2.05) is 64.1 Å². The van der Waals surface area contributed by atoms with Crippen LogP contribution in [0.1, 0.15) is 64.6 Å². The second kappa shape index (κ2) is 19.5. The number of hydrogen-bond donors (Lipinski definition) is 5. The van der Waals surface area contributed by atoms with Gasteiger partial charge in [-0.1, -0.05) is 35.3 Å². The summed E-state index contributed by atoms with van der Waals surface area (Å²) in [5.74, 6) is -0.458. The van der Waals surface area contributed by atoms with Crippen LogP contribution in [0.3, 0.4) is 0 Å². The summed E-state index contributed by atoms with van der Waals surface area (Å²) in [6.07, 6.45) is 0.785. The lowest BCUT2D eigenvalue weighted by Gasteiger charge is -2.36. The SMILES string of the molecule is CC(C)Oc1ccc(-c2cc(C(=O)Nc3ccc(C=O)cc3)[nH]n2)cc1Cl.CC(C)Oc1ccc(-c2cc(C(=O)Nc3ccc(CN4CC(C(=O)O)C4)cc3)[nH]n2)cc1Cl. The van der Waals surface area contributed by atoms with Gasteiger partial charge in [-0.2, -0.15) is 10.2 Å². The topological polar surface area (TPSA) is 192 Å². The molecule has 0 unspecified atom stereocenters. The quantitative estimate of drug-likeness (QED) is 0.0662. The fourth-order valence-corrected chi connectivity index (χ4v) is 6.49. The van der Waals surface area contributed by atoms with Crippen LogP contribution in [-0.4, -0.2) is 79.8 Å². The Balaban J connectivity index is 0.000000205. The number of aromatic amines is 2. The monoisotopic (exact) mass is 851 g/mol. The first-order valence-corrected chi connectivity index (χ1v) is 19.8. The minimum absolute atomic E-state index is 0.0168. The number of ether oxygens (including phenoxy) is 2. The average molecular weight is 853 g/mol. The molecule has 7 rings (SSSR count). The Labute approximate surface area is 356 Å². The summed E-state index contributed by atoms with van der Waals surface area (Å²) in [6, 6.07) is 28.1. The van der Waals surface area contributed by atoms with Gasteiger partial charge < -0.3 is 25.2 Å². The van der Waals surface area contributed by atoms with Crippen LogP contribution in [0, 0.1) is 5.92 Å². The molecule has 1 aliphatic rings. The van der Waals surface area contributed by atoms with Crippen molar-refractivity contribution in [3.8, 4) is 34.0 Å². The van der Waals surface area contributed by atoms with E-state index in [9.17, 15) is 19.2 Å². The van der Waals surface area contributed by atoms with Crippen molar-refractivity contribution in [3.05, 3.63) is 130 Å². The Morgan fingerprint density at radius 1 is 0.733 bits per heavy atom. The van der Waals surface area contributed by atoms with E-state index in [1.54, 1.807) is 60.7 Å². The molecule has 3 heterocycles. The van der Waals surface area contributed by atoms with Gasteiger partial charge in [-0.25, -0.2) is 0 Å². The first-order valence-electron chi connectivity index (χ1n) is 19.0. The van der Waals surface area contributed by atoms with Gasteiger partial charge in [-0.15, -0.1) is 0 Å². The van der Waals surface area contributed by atoms with Gasteiger partial charge in [0.1, 0.15) is 29.2 Å². The minimum Gasteiger partial charge on any atom is -0.489 e. The number of carbonyl (C=O) groups is 4. The van der Waals surface area contributed by atoms with E-state index in [4.69, 9.17) is 37.8 Å². The lowest BCUT2D eigenvalue weighted by Crippen LogP contribution is -2.49. The second-order valence-electron chi connectivity index (χ2n) is 14.5. The molecule has 60 heavy (non-hydrogen) atoms. The predicted molar refractivity (Wildman–Crippen MR) is 230 cm³/mol. The van der Waals surface area contributed by atoms with Crippen LogP contribution < -0.4 is 20.1 Å². The predicted octanol–water partition coefficient (Wildman–Crippen LogP) is 8.87. The van der Waals surface area contributed by atoms with E-state index in [0.29, 0.717) is 80.9 Å². The van der Waals surface area contributed by atoms with Crippen LogP contribution in [0.4, 0.5) is 11.4 Å². The molecular weight excluding hydrogens is 809 g/mol. The number of amides is 2. The van der Waals surface area contributed by atoms with Crippen LogP contribution in [0.25, 0.3) is 22.5 Å². The third-order valence-corrected chi connectivity index (χ3v) is 9.65. The third kappa shape index (κ3) is 11.4. The molecule has 2 amide bonds. The molecule has 0 saturated carbocycles. The van der Waals surface area contributed by atoms with Gasteiger partial charge in [0.15, 0.2) is 0 Å². The Morgan fingerprint density at radius 2 is 1.18 bits per heavy atom. The first-order chi connectivity index (χ1) is 28.7. The zero-order chi connectivity index (χ0) is 42.9. The Hall–Kier alpha value is -6.48. The molecule has 1 saturated heterocycles. The van der Waals surface area contributed by atoms with E-state index >= 15 is 0 Å². The molecule has 16 heteroatoms. The Kier molecular flexibility index (Phi) is 14.0. The largest absolute Gasteiger partial charge is 0.489 e. The fraction of sp³-hybridized carbons (Fsp3) is 0.227. The minimum atomic E-state index is -0.744. The molecule has 1 aliphatic heterocycles. The molecule has 0 radical (unpaired) electrons. The number of rotatable bonds is 14. The zero-order valence-corrected chi connectivity index (χ0v) is 34.7. The van der Waals surface area contributed by atoms with Crippen molar-refractivity contribution < 1.29 is 33.8 Å². The molecule has 5 N–H and O–H groups in total.